The molecule has 0 radical (unpaired) electrons. The molecule has 7 nitrogen and oxygen atoms in total. The van der Waals surface area contributed by atoms with E-state index in [9.17, 15) is 14.0 Å². The number of rotatable bonds is 9. The fourth-order valence-corrected chi connectivity index (χ4v) is 3.53. The smallest absolute Gasteiger partial charge is 0.269 e. The number of hydrazine groups is 1. The molecule has 1 saturated heterocycles. The first kappa shape index (κ1) is 24.8. The van der Waals surface area contributed by atoms with Gasteiger partial charge in [0.05, 0.1) is 5.02 Å². The summed E-state index contributed by atoms with van der Waals surface area (Å²) in [5, 5.41) is 0.401. The molecule has 0 aliphatic carbocycles. The summed E-state index contributed by atoms with van der Waals surface area (Å²) in [6.07, 6.45) is 3.60. The van der Waals surface area contributed by atoms with Crippen molar-refractivity contribution in [3.05, 3.63) is 58.9 Å². The van der Waals surface area contributed by atoms with Crippen LogP contribution < -0.4 is 20.3 Å². The molecule has 1 heterocycles. The van der Waals surface area contributed by atoms with Crippen LogP contribution in [-0.4, -0.2) is 42.6 Å². The number of amides is 2. The molecular weight excluding hydrogens is 449 g/mol. The number of nitrogens with zero attached hydrogens (tertiary/aromatic N) is 1. The van der Waals surface area contributed by atoms with Crippen molar-refractivity contribution in [2.24, 2.45) is 0 Å². The van der Waals surface area contributed by atoms with E-state index in [2.05, 4.69) is 15.8 Å². The fourth-order valence-electron chi connectivity index (χ4n) is 3.37. The SMILES string of the molecule is CCCCC(=O)NNC(=O)c1ccc(OCN2CCC(Oc3cc(F)ccc3Cl)CC2)cc1. The number of likely N-dealkylation sites (tertiary alicyclic amines) is 1. The Morgan fingerprint density at radius 3 is 2.55 bits per heavy atom. The Morgan fingerprint density at radius 1 is 1.12 bits per heavy atom. The average Bonchev–Trinajstić information content (AvgIpc) is 2.83. The van der Waals surface area contributed by atoms with E-state index < -0.39 is 0 Å². The molecule has 1 aliphatic rings. The first-order valence-corrected chi connectivity index (χ1v) is 11.5. The Bertz CT molecular complexity index is 934. The number of piperidine rings is 1. The van der Waals surface area contributed by atoms with Gasteiger partial charge in [0.2, 0.25) is 5.91 Å². The van der Waals surface area contributed by atoms with Gasteiger partial charge in [-0.1, -0.05) is 24.9 Å². The minimum absolute atomic E-state index is 0.0270. The van der Waals surface area contributed by atoms with Crippen molar-refractivity contribution >= 4 is 23.4 Å². The van der Waals surface area contributed by atoms with Gasteiger partial charge in [0.15, 0.2) is 0 Å². The maximum absolute atomic E-state index is 13.4. The van der Waals surface area contributed by atoms with Gasteiger partial charge in [-0.3, -0.25) is 25.3 Å². The zero-order chi connectivity index (χ0) is 23.6. The van der Waals surface area contributed by atoms with Crippen molar-refractivity contribution in [3.63, 3.8) is 0 Å². The largest absolute Gasteiger partial charge is 0.489 e. The average molecular weight is 478 g/mol. The third-order valence-corrected chi connectivity index (χ3v) is 5.64. The van der Waals surface area contributed by atoms with Gasteiger partial charge < -0.3 is 9.47 Å². The van der Waals surface area contributed by atoms with Crippen LogP contribution in [0.15, 0.2) is 42.5 Å². The lowest BCUT2D eigenvalue weighted by Gasteiger charge is -2.32. The molecule has 1 fully saturated rings. The summed E-state index contributed by atoms with van der Waals surface area (Å²) in [7, 11) is 0. The number of carbonyl (C=O) groups excluding carboxylic acids is 2. The molecule has 0 atom stereocenters. The lowest BCUT2D eigenvalue weighted by atomic mass is 10.1. The Kier molecular flexibility index (Phi) is 9.33. The summed E-state index contributed by atoms with van der Waals surface area (Å²) in [6.45, 7) is 3.95. The summed E-state index contributed by atoms with van der Waals surface area (Å²) in [5.41, 5.74) is 5.24. The van der Waals surface area contributed by atoms with E-state index in [-0.39, 0.29) is 23.7 Å². The molecular formula is C24H29ClFN3O4. The third-order valence-electron chi connectivity index (χ3n) is 5.32. The number of ether oxygens (including phenoxy) is 2. The number of carbonyl (C=O) groups is 2. The van der Waals surface area contributed by atoms with E-state index in [1.54, 1.807) is 24.3 Å². The van der Waals surface area contributed by atoms with Crippen LogP contribution in [0.4, 0.5) is 4.39 Å². The molecule has 178 valence electrons. The van der Waals surface area contributed by atoms with Gasteiger partial charge in [0, 0.05) is 31.1 Å². The predicted molar refractivity (Wildman–Crippen MR) is 124 cm³/mol. The number of unbranched alkanes of at least 4 members (excludes halogenated alkanes) is 1. The Balaban J connectivity index is 1.38. The Hall–Kier alpha value is -2.84. The molecule has 0 unspecified atom stereocenters. The maximum atomic E-state index is 13.4. The van der Waals surface area contributed by atoms with Crippen molar-refractivity contribution in [1.29, 1.82) is 0 Å². The van der Waals surface area contributed by atoms with Gasteiger partial charge in [-0.05, 0) is 55.7 Å². The topological polar surface area (TPSA) is 79.9 Å². The highest BCUT2D eigenvalue weighted by Gasteiger charge is 2.22. The van der Waals surface area contributed by atoms with Gasteiger partial charge in [0.1, 0.15) is 30.2 Å². The number of nitrogens with one attached hydrogen (secondary N) is 2. The summed E-state index contributed by atoms with van der Waals surface area (Å²) < 4.78 is 25.1. The van der Waals surface area contributed by atoms with Crippen LogP contribution in [0.1, 0.15) is 49.4 Å². The van der Waals surface area contributed by atoms with Crippen molar-refractivity contribution in [2.45, 2.75) is 45.1 Å². The zero-order valence-electron chi connectivity index (χ0n) is 18.6. The lowest BCUT2D eigenvalue weighted by Crippen LogP contribution is -2.41. The van der Waals surface area contributed by atoms with E-state index in [4.69, 9.17) is 21.1 Å². The highest BCUT2D eigenvalue weighted by molar-refractivity contribution is 6.32. The highest BCUT2D eigenvalue weighted by Crippen LogP contribution is 2.28. The van der Waals surface area contributed by atoms with Crippen LogP contribution in [-0.2, 0) is 4.79 Å². The molecule has 2 aromatic rings. The molecule has 33 heavy (non-hydrogen) atoms. The normalized spacial score (nSPS) is 14.5. The van der Waals surface area contributed by atoms with E-state index in [1.165, 1.54) is 18.2 Å². The first-order valence-electron chi connectivity index (χ1n) is 11.1. The molecule has 0 saturated carbocycles. The Morgan fingerprint density at radius 2 is 1.85 bits per heavy atom. The minimum Gasteiger partial charge on any atom is -0.489 e. The monoisotopic (exact) mass is 477 g/mol. The molecule has 2 amide bonds. The summed E-state index contributed by atoms with van der Waals surface area (Å²) >= 11 is 6.08. The van der Waals surface area contributed by atoms with Crippen LogP contribution in [0.2, 0.25) is 5.02 Å². The summed E-state index contributed by atoms with van der Waals surface area (Å²) in [5.74, 6) is 0.0464. The number of hydrogen-bond donors (Lipinski definition) is 2. The molecule has 1 aliphatic heterocycles. The highest BCUT2D eigenvalue weighted by atomic mass is 35.5. The van der Waals surface area contributed by atoms with Gasteiger partial charge >= 0.3 is 0 Å². The molecule has 9 heteroatoms. The maximum Gasteiger partial charge on any atom is 0.269 e. The number of benzene rings is 2. The molecule has 2 N–H and O–H groups in total. The van der Waals surface area contributed by atoms with Crippen molar-refractivity contribution in [2.75, 3.05) is 19.8 Å². The van der Waals surface area contributed by atoms with E-state index in [0.717, 1.165) is 38.8 Å². The minimum atomic E-state index is -0.383. The van der Waals surface area contributed by atoms with Crippen LogP contribution >= 0.6 is 11.6 Å². The van der Waals surface area contributed by atoms with E-state index in [0.29, 0.717) is 35.2 Å². The predicted octanol–water partition coefficient (Wildman–Crippen LogP) is 4.31. The molecule has 0 spiro atoms. The standard InChI is InChI=1S/C24H29ClFN3O4/c1-2-3-4-23(30)27-28-24(31)17-5-8-19(9-6-17)32-16-29-13-11-20(12-14-29)33-22-15-18(26)7-10-21(22)25/h5-10,15,20H,2-4,11-14,16H2,1H3,(H,27,30)(H,28,31). The Labute approximate surface area is 198 Å². The van der Waals surface area contributed by atoms with Gasteiger partial charge in [0.25, 0.3) is 5.91 Å². The lowest BCUT2D eigenvalue weighted by molar-refractivity contribution is -0.121. The summed E-state index contributed by atoms with van der Waals surface area (Å²) in [4.78, 5) is 25.9. The second-order valence-corrected chi connectivity index (χ2v) is 8.32. The van der Waals surface area contributed by atoms with Gasteiger partial charge in [-0.2, -0.15) is 0 Å². The van der Waals surface area contributed by atoms with Crippen LogP contribution in [0, 0.1) is 5.82 Å². The van der Waals surface area contributed by atoms with Gasteiger partial charge in [-0.15, -0.1) is 0 Å². The first-order chi connectivity index (χ1) is 15.9. The molecule has 3 rings (SSSR count). The second-order valence-electron chi connectivity index (χ2n) is 7.91. The molecule has 0 aromatic heterocycles. The number of halogens is 2. The molecule has 0 bridgehead atoms. The van der Waals surface area contributed by atoms with E-state index >= 15 is 0 Å². The quantitative estimate of drug-likeness (QED) is 0.526. The zero-order valence-corrected chi connectivity index (χ0v) is 19.4. The van der Waals surface area contributed by atoms with Crippen LogP contribution in [0.5, 0.6) is 11.5 Å². The van der Waals surface area contributed by atoms with Gasteiger partial charge in [-0.25, -0.2) is 4.39 Å². The van der Waals surface area contributed by atoms with Crippen LogP contribution in [0.25, 0.3) is 0 Å². The molecule has 2 aromatic carbocycles. The second kappa shape index (κ2) is 12.4. The van der Waals surface area contributed by atoms with Crippen LogP contribution in [0.3, 0.4) is 0 Å². The van der Waals surface area contributed by atoms with E-state index in [1.807, 2.05) is 6.92 Å². The summed E-state index contributed by atoms with van der Waals surface area (Å²) in [6, 6.07) is 10.8. The van der Waals surface area contributed by atoms with Crippen molar-refractivity contribution in [3.8, 4) is 11.5 Å². The van der Waals surface area contributed by atoms with Crippen molar-refractivity contribution < 1.29 is 23.5 Å². The third kappa shape index (κ3) is 7.91. The fraction of sp³-hybridized carbons (Fsp3) is 0.417. The van der Waals surface area contributed by atoms with Crippen molar-refractivity contribution in [1.82, 2.24) is 15.8 Å². The number of hydrogen-bond acceptors (Lipinski definition) is 5.